The molecule has 0 radical (unpaired) electrons. The Kier molecular flexibility index (Phi) is 7.67. The minimum Gasteiger partial charge on any atom is -0.308 e. The van der Waals surface area contributed by atoms with Gasteiger partial charge in [-0.15, -0.1) is 12.4 Å². The van der Waals surface area contributed by atoms with Crippen LogP contribution in [0.3, 0.4) is 0 Å². The molecule has 33 heavy (non-hydrogen) atoms. The van der Waals surface area contributed by atoms with Crippen molar-refractivity contribution >= 4 is 23.4 Å². The zero-order valence-electron chi connectivity index (χ0n) is 18.7. The second kappa shape index (κ2) is 10.7. The van der Waals surface area contributed by atoms with E-state index < -0.39 is 5.82 Å². The van der Waals surface area contributed by atoms with Crippen LogP contribution in [-0.2, 0) is 25.9 Å². The lowest BCUT2D eigenvalue weighted by atomic mass is 10.0. The van der Waals surface area contributed by atoms with Gasteiger partial charge >= 0.3 is 0 Å². The number of nitrogens with zero attached hydrogens (tertiary/aromatic N) is 5. The van der Waals surface area contributed by atoms with E-state index >= 15 is 0 Å². The molecule has 176 valence electrons. The zero-order chi connectivity index (χ0) is 21.9. The summed E-state index contributed by atoms with van der Waals surface area (Å²) >= 11 is 0. The van der Waals surface area contributed by atoms with Gasteiger partial charge in [-0.25, -0.2) is 4.39 Å². The summed E-state index contributed by atoms with van der Waals surface area (Å²) in [5.74, 6) is -0.424. The van der Waals surface area contributed by atoms with Crippen molar-refractivity contribution in [1.29, 1.82) is 0 Å². The number of aryl methyl sites for hydroxylation is 2. The fourth-order valence-electron chi connectivity index (χ4n) is 4.80. The average molecular weight is 473 g/mol. The number of nitrogens with one attached hydrogen (secondary N) is 1. The predicted molar refractivity (Wildman–Crippen MR) is 128 cm³/mol. The van der Waals surface area contributed by atoms with Gasteiger partial charge in [-0.1, -0.05) is 0 Å². The number of piperidine rings is 1. The maximum absolute atomic E-state index is 13.7. The highest BCUT2D eigenvalue weighted by molar-refractivity contribution is 5.85. The molecule has 4 heterocycles. The van der Waals surface area contributed by atoms with Gasteiger partial charge in [-0.3, -0.25) is 19.7 Å². The second-order valence-electron chi connectivity index (χ2n) is 8.84. The van der Waals surface area contributed by atoms with Gasteiger partial charge in [0.05, 0.1) is 40.5 Å². The molecule has 3 aromatic heterocycles. The summed E-state index contributed by atoms with van der Waals surface area (Å²) in [6, 6.07) is 5.01. The molecule has 0 aromatic carbocycles. The van der Waals surface area contributed by atoms with Crippen LogP contribution >= 0.6 is 12.4 Å². The molecular formula is C24H30ClFN6O. The first-order chi connectivity index (χ1) is 15.7. The first kappa shape index (κ1) is 23.7. The van der Waals surface area contributed by atoms with E-state index in [1.807, 2.05) is 6.20 Å². The highest BCUT2D eigenvalue weighted by Crippen LogP contribution is 2.18. The van der Waals surface area contributed by atoms with Crippen molar-refractivity contribution < 1.29 is 4.39 Å². The number of hydrogen-bond acceptors (Lipinski definition) is 6. The Morgan fingerprint density at radius 3 is 2.64 bits per heavy atom. The molecule has 7 nitrogen and oxygen atoms in total. The molecule has 0 unspecified atom stereocenters. The Hall–Kier alpha value is -2.42. The van der Waals surface area contributed by atoms with Crippen molar-refractivity contribution in [3.63, 3.8) is 0 Å². The third-order valence-electron chi connectivity index (χ3n) is 6.66. The van der Waals surface area contributed by atoms with Crippen molar-refractivity contribution in [3.8, 4) is 0 Å². The minimum absolute atomic E-state index is 0. The van der Waals surface area contributed by atoms with E-state index in [0.717, 1.165) is 57.6 Å². The van der Waals surface area contributed by atoms with Crippen LogP contribution in [0.4, 0.5) is 4.39 Å². The molecule has 5 rings (SSSR count). The molecule has 0 spiro atoms. The molecular weight excluding hydrogens is 443 g/mol. The summed E-state index contributed by atoms with van der Waals surface area (Å²) in [4.78, 5) is 28.2. The number of halogens is 2. The molecule has 1 aliphatic carbocycles. The molecule has 0 bridgehead atoms. The second-order valence-corrected chi connectivity index (χ2v) is 8.84. The summed E-state index contributed by atoms with van der Waals surface area (Å²) in [7, 11) is 0. The Balaban J connectivity index is 0.00000259. The molecule has 0 saturated carbocycles. The summed E-state index contributed by atoms with van der Waals surface area (Å²) < 4.78 is 15.3. The Morgan fingerprint density at radius 1 is 1.03 bits per heavy atom. The Bertz CT molecular complexity index is 1160. The largest absolute Gasteiger partial charge is 0.308 e. The Morgan fingerprint density at radius 2 is 1.82 bits per heavy atom. The molecule has 0 amide bonds. The van der Waals surface area contributed by atoms with Gasteiger partial charge in [-0.2, -0.15) is 0 Å². The van der Waals surface area contributed by atoms with Gasteiger partial charge in [0.25, 0.3) is 5.56 Å². The maximum Gasteiger partial charge on any atom is 0.251 e. The summed E-state index contributed by atoms with van der Waals surface area (Å²) in [5, 5.41) is 3.64. The minimum atomic E-state index is -0.424. The molecule has 3 aromatic rings. The van der Waals surface area contributed by atoms with Crippen LogP contribution in [0, 0.1) is 5.82 Å². The lowest BCUT2D eigenvalue weighted by Crippen LogP contribution is -2.43. The number of pyridine rings is 2. The molecule has 1 aliphatic heterocycles. The van der Waals surface area contributed by atoms with Crippen LogP contribution in [0.5, 0.6) is 0 Å². The summed E-state index contributed by atoms with van der Waals surface area (Å²) in [6.07, 6.45) is 9.77. The fraction of sp³-hybridized carbons (Fsp3) is 0.500. The molecule has 0 atom stereocenters. The maximum atomic E-state index is 13.7. The van der Waals surface area contributed by atoms with Crippen molar-refractivity contribution in [3.05, 3.63) is 63.8 Å². The van der Waals surface area contributed by atoms with E-state index in [4.69, 9.17) is 4.98 Å². The van der Waals surface area contributed by atoms with E-state index in [1.165, 1.54) is 42.6 Å². The lowest BCUT2D eigenvalue weighted by Gasteiger charge is -2.32. The van der Waals surface area contributed by atoms with Crippen molar-refractivity contribution in [2.24, 2.45) is 0 Å². The zero-order valence-corrected chi connectivity index (χ0v) is 19.5. The van der Waals surface area contributed by atoms with Gasteiger partial charge in [0.1, 0.15) is 5.82 Å². The smallest absolute Gasteiger partial charge is 0.251 e. The third kappa shape index (κ3) is 5.57. The van der Waals surface area contributed by atoms with Crippen LogP contribution in [0.25, 0.3) is 11.0 Å². The van der Waals surface area contributed by atoms with E-state index in [2.05, 4.69) is 20.2 Å². The third-order valence-corrected chi connectivity index (χ3v) is 6.66. The summed E-state index contributed by atoms with van der Waals surface area (Å²) in [6.45, 7) is 4.00. The molecule has 2 aliphatic rings. The van der Waals surface area contributed by atoms with Crippen molar-refractivity contribution in [2.75, 3.05) is 19.6 Å². The standard InChI is InChI=1S/C24H29FN6O.ClH/c25-17-13-23-22(27-14-17)5-6-24(32)31(23)12-11-30-9-7-18(8-10-30)26-15-19-16-28-20-3-1-2-4-21(20)29-19;/h5-6,13-14,16,18,26H,1-4,7-12,15H2;1H. The average Bonchev–Trinajstić information content (AvgIpc) is 2.82. The molecule has 1 N–H and O–H groups in total. The summed E-state index contributed by atoms with van der Waals surface area (Å²) in [5.41, 5.74) is 4.47. The highest BCUT2D eigenvalue weighted by atomic mass is 35.5. The number of rotatable bonds is 6. The SMILES string of the molecule is Cl.O=c1ccc2ncc(F)cc2n1CCN1CCC(NCc2cnc3c(n2)CCCC3)CC1. The van der Waals surface area contributed by atoms with Gasteiger partial charge in [-0.05, 0) is 57.7 Å². The first-order valence-electron chi connectivity index (χ1n) is 11.6. The fourth-order valence-corrected chi connectivity index (χ4v) is 4.80. The number of likely N-dealkylation sites (tertiary alicyclic amines) is 1. The molecule has 1 fully saturated rings. The molecule has 1 saturated heterocycles. The lowest BCUT2D eigenvalue weighted by molar-refractivity contribution is 0.191. The van der Waals surface area contributed by atoms with Crippen molar-refractivity contribution in [1.82, 2.24) is 29.7 Å². The normalized spacial score (nSPS) is 17.0. The number of fused-ring (bicyclic) bond motifs is 2. The predicted octanol–water partition coefficient (Wildman–Crippen LogP) is 2.88. The van der Waals surface area contributed by atoms with Crippen molar-refractivity contribution in [2.45, 2.75) is 57.7 Å². The van der Waals surface area contributed by atoms with E-state index in [-0.39, 0.29) is 18.0 Å². The highest BCUT2D eigenvalue weighted by Gasteiger charge is 2.20. The van der Waals surface area contributed by atoms with E-state index in [0.29, 0.717) is 23.6 Å². The van der Waals surface area contributed by atoms with Gasteiger partial charge in [0, 0.05) is 37.8 Å². The van der Waals surface area contributed by atoms with Crippen LogP contribution in [0.2, 0.25) is 0 Å². The van der Waals surface area contributed by atoms with Crippen LogP contribution in [0.1, 0.15) is 42.8 Å². The number of aromatic nitrogens is 4. The van der Waals surface area contributed by atoms with Gasteiger partial charge in [0.15, 0.2) is 0 Å². The van der Waals surface area contributed by atoms with Crippen LogP contribution in [0.15, 0.2) is 35.4 Å². The van der Waals surface area contributed by atoms with E-state index in [9.17, 15) is 9.18 Å². The monoisotopic (exact) mass is 472 g/mol. The van der Waals surface area contributed by atoms with Gasteiger partial charge in [0.2, 0.25) is 0 Å². The first-order valence-corrected chi connectivity index (χ1v) is 11.6. The number of hydrogen-bond donors (Lipinski definition) is 1. The van der Waals surface area contributed by atoms with Crippen LogP contribution in [-0.4, -0.2) is 50.1 Å². The van der Waals surface area contributed by atoms with Gasteiger partial charge < -0.3 is 14.8 Å². The van der Waals surface area contributed by atoms with Crippen LogP contribution < -0.4 is 10.9 Å². The Labute approximate surface area is 198 Å². The molecule has 9 heteroatoms. The quantitative estimate of drug-likeness (QED) is 0.594. The van der Waals surface area contributed by atoms with E-state index in [1.54, 1.807) is 10.6 Å². The topological polar surface area (TPSA) is 75.9 Å².